The van der Waals surface area contributed by atoms with Gasteiger partial charge in [0.1, 0.15) is 6.07 Å². The van der Waals surface area contributed by atoms with Crippen LogP contribution in [0.3, 0.4) is 0 Å². The maximum atomic E-state index is 11.5. The lowest BCUT2D eigenvalue weighted by Crippen LogP contribution is -2.08. The predicted molar refractivity (Wildman–Crippen MR) is 59.9 cm³/mol. The first-order chi connectivity index (χ1) is 7.15. The number of esters is 1. The van der Waals surface area contributed by atoms with Crippen LogP contribution in [-0.2, 0) is 10.1 Å². The molecule has 0 N–H and O–H groups in total. The summed E-state index contributed by atoms with van der Waals surface area (Å²) >= 11 is 3.32. The third-order valence-electron chi connectivity index (χ3n) is 2.23. The number of hydrogen-bond donors (Lipinski definition) is 0. The van der Waals surface area contributed by atoms with Crippen molar-refractivity contribution < 1.29 is 9.53 Å². The van der Waals surface area contributed by atoms with E-state index in [0.717, 1.165) is 11.1 Å². The predicted octanol–water partition coefficient (Wildman–Crippen LogP) is 2.55. The number of methoxy groups -OCH3 is 1. The molecule has 1 aromatic rings. The van der Waals surface area contributed by atoms with Crippen LogP contribution in [0.25, 0.3) is 0 Å². The van der Waals surface area contributed by atoms with Crippen molar-refractivity contribution in [1.82, 2.24) is 0 Å². The van der Waals surface area contributed by atoms with Crippen LogP contribution in [0.1, 0.15) is 27.0 Å². The van der Waals surface area contributed by atoms with E-state index >= 15 is 0 Å². The van der Waals surface area contributed by atoms with E-state index in [9.17, 15) is 4.79 Å². The Hall–Kier alpha value is -1.34. The summed E-state index contributed by atoms with van der Waals surface area (Å²) in [6, 6.07) is 5.45. The number of halogens is 1. The summed E-state index contributed by atoms with van der Waals surface area (Å²) in [7, 11) is 1.31. The molecule has 0 saturated carbocycles. The minimum atomic E-state index is -0.466. The van der Waals surface area contributed by atoms with E-state index in [1.54, 1.807) is 6.07 Å². The fourth-order valence-corrected chi connectivity index (χ4v) is 1.97. The van der Waals surface area contributed by atoms with Gasteiger partial charge in [0.05, 0.1) is 18.2 Å². The third-order valence-corrected chi connectivity index (χ3v) is 2.84. The third kappa shape index (κ3) is 2.18. The Morgan fingerprint density at radius 3 is 2.73 bits per heavy atom. The molecule has 0 unspecified atom stereocenters. The molecule has 3 nitrogen and oxygen atoms in total. The first kappa shape index (κ1) is 11.7. The number of rotatable bonds is 2. The highest BCUT2D eigenvalue weighted by atomic mass is 79.9. The van der Waals surface area contributed by atoms with E-state index in [1.807, 2.05) is 19.1 Å². The standard InChI is InChI=1S/C11H10BrNO2/c1-7-8(5-12)3-4-9(6-13)10(7)11(14)15-2/h3-4H,5H2,1-2H3. The molecule has 0 saturated heterocycles. The molecular weight excluding hydrogens is 258 g/mol. The molecule has 0 aromatic heterocycles. The van der Waals surface area contributed by atoms with Gasteiger partial charge in [0, 0.05) is 5.33 Å². The largest absolute Gasteiger partial charge is 0.465 e. The van der Waals surface area contributed by atoms with E-state index in [2.05, 4.69) is 20.7 Å². The number of alkyl halides is 1. The monoisotopic (exact) mass is 267 g/mol. The summed E-state index contributed by atoms with van der Waals surface area (Å²) in [5, 5.41) is 9.53. The Labute approximate surface area is 96.8 Å². The van der Waals surface area contributed by atoms with Crippen molar-refractivity contribution in [2.24, 2.45) is 0 Å². The van der Waals surface area contributed by atoms with Crippen LogP contribution >= 0.6 is 15.9 Å². The van der Waals surface area contributed by atoms with Crippen molar-refractivity contribution in [3.8, 4) is 6.07 Å². The number of benzene rings is 1. The lowest BCUT2D eigenvalue weighted by molar-refractivity contribution is 0.0599. The summed E-state index contributed by atoms with van der Waals surface area (Å²) < 4.78 is 4.65. The van der Waals surface area contributed by atoms with Crippen LogP contribution in [-0.4, -0.2) is 13.1 Å². The fourth-order valence-electron chi connectivity index (χ4n) is 1.36. The lowest BCUT2D eigenvalue weighted by atomic mass is 9.98. The molecule has 0 amide bonds. The van der Waals surface area contributed by atoms with Gasteiger partial charge in [-0.1, -0.05) is 22.0 Å². The van der Waals surface area contributed by atoms with Crippen molar-refractivity contribution >= 4 is 21.9 Å². The van der Waals surface area contributed by atoms with Gasteiger partial charge in [0.15, 0.2) is 0 Å². The highest BCUT2D eigenvalue weighted by molar-refractivity contribution is 9.08. The van der Waals surface area contributed by atoms with E-state index in [1.165, 1.54) is 7.11 Å². The second kappa shape index (κ2) is 4.94. The maximum Gasteiger partial charge on any atom is 0.339 e. The van der Waals surface area contributed by atoms with Gasteiger partial charge in [-0.2, -0.15) is 5.26 Å². The number of nitrogens with zero attached hydrogens (tertiary/aromatic N) is 1. The summed E-state index contributed by atoms with van der Waals surface area (Å²) in [6.45, 7) is 1.81. The number of ether oxygens (including phenoxy) is 1. The zero-order valence-corrected chi connectivity index (χ0v) is 10.1. The van der Waals surface area contributed by atoms with E-state index in [0.29, 0.717) is 16.5 Å². The topological polar surface area (TPSA) is 50.1 Å². The maximum absolute atomic E-state index is 11.5. The highest BCUT2D eigenvalue weighted by Gasteiger charge is 2.16. The zero-order valence-electron chi connectivity index (χ0n) is 8.50. The van der Waals surface area contributed by atoms with Crippen LogP contribution in [0.15, 0.2) is 12.1 Å². The zero-order chi connectivity index (χ0) is 11.4. The van der Waals surface area contributed by atoms with Gasteiger partial charge in [-0.3, -0.25) is 0 Å². The van der Waals surface area contributed by atoms with Crippen molar-refractivity contribution in [1.29, 1.82) is 5.26 Å². The summed E-state index contributed by atoms with van der Waals surface area (Å²) in [6.07, 6.45) is 0. The number of carbonyl (C=O) groups is 1. The second-order valence-electron chi connectivity index (χ2n) is 3.01. The molecule has 15 heavy (non-hydrogen) atoms. The highest BCUT2D eigenvalue weighted by Crippen LogP contribution is 2.21. The molecule has 1 aromatic carbocycles. The molecule has 0 fully saturated rings. The van der Waals surface area contributed by atoms with Gasteiger partial charge in [-0.05, 0) is 24.1 Å². The molecule has 0 aliphatic carbocycles. The number of carbonyl (C=O) groups excluding carboxylic acids is 1. The van der Waals surface area contributed by atoms with Crippen molar-refractivity contribution in [2.75, 3.05) is 7.11 Å². The SMILES string of the molecule is COC(=O)c1c(C#N)ccc(CBr)c1C. The first-order valence-corrected chi connectivity index (χ1v) is 5.44. The Balaban J connectivity index is 3.44. The molecule has 1 rings (SSSR count). The molecule has 0 aliphatic heterocycles. The minimum absolute atomic E-state index is 0.351. The number of hydrogen-bond acceptors (Lipinski definition) is 3. The summed E-state index contributed by atoms with van der Waals surface area (Å²) in [5.74, 6) is -0.466. The van der Waals surface area contributed by atoms with Gasteiger partial charge in [0.2, 0.25) is 0 Å². The Kier molecular flexibility index (Phi) is 3.87. The van der Waals surface area contributed by atoms with Crippen LogP contribution in [0, 0.1) is 18.3 Å². The molecule has 0 aliphatic rings. The molecule has 0 heterocycles. The molecule has 0 bridgehead atoms. The lowest BCUT2D eigenvalue weighted by Gasteiger charge is -2.09. The molecule has 4 heteroatoms. The average Bonchev–Trinajstić information content (AvgIpc) is 2.27. The fraction of sp³-hybridized carbons (Fsp3) is 0.273. The van der Waals surface area contributed by atoms with Gasteiger partial charge in [-0.25, -0.2) is 4.79 Å². The molecule has 78 valence electrons. The van der Waals surface area contributed by atoms with E-state index in [-0.39, 0.29) is 0 Å². The molecule has 0 radical (unpaired) electrons. The average molecular weight is 268 g/mol. The molecular formula is C11H10BrNO2. The minimum Gasteiger partial charge on any atom is -0.465 e. The molecule has 0 atom stereocenters. The Morgan fingerprint density at radius 1 is 1.60 bits per heavy atom. The quantitative estimate of drug-likeness (QED) is 0.611. The van der Waals surface area contributed by atoms with Gasteiger partial charge >= 0.3 is 5.97 Å². The van der Waals surface area contributed by atoms with Crippen molar-refractivity contribution in [3.05, 3.63) is 34.4 Å². The van der Waals surface area contributed by atoms with Crippen LogP contribution in [0.2, 0.25) is 0 Å². The second-order valence-corrected chi connectivity index (χ2v) is 3.57. The van der Waals surface area contributed by atoms with Crippen molar-refractivity contribution in [2.45, 2.75) is 12.3 Å². The van der Waals surface area contributed by atoms with E-state index < -0.39 is 5.97 Å². The smallest absolute Gasteiger partial charge is 0.339 e. The normalized spacial score (nSPS) is 9.47. The van der Waals surface area contributed by atoms with Crippen LogP contribution in [0.5, 0.6) is 0 Å². The summed E-state index contributed by atoms with van der Waals surface area (Å²) in [4.78, 5) is 11.5. The van der Waals surface area contributed by atoms with Crippen LogP contribution < -0.4 is 0 Å². The summed E-state index contributed by atoms with van der Waals surface area (Å²) in [5.41, 5.74) is 2.48. The molecule has 0 spiro atoms. The van der Waals surface area contributed by atoms with Gasteiger partial charge < -0.3 is 4.74 Å². The first-order valence-electron chi connectivity index (χ1n) is 4.32. The van der Waals surface area contributed by atoms with Crippen LogP contribution in [0.4, 0.5) is 0 Å². The number of nitriles is 1. The van der Waals surface area contributed by atoms with Crippen molar-refractivity contribution in [3.63, 3.8) is 0 Å². The Morgan fingerprint density at radius 2 is 2.27 bits per heavy atom. The van der Waals surface area contributed by atoms with Gasteiger partial charge in [0.25, 0.3) is 0 Å². The van der Waals surface area contributed by atoms with E-state index in [4.69, 9.17) is 5.26 Å². The van der Waals surface area contributed by atoms with Gasteiger partial charge in [-0.15, -0.1) is 0 Å². The Bertz CT molecular complexity index is 435.